The molecule has 4 aromatic rings. The molecular weight excluding hydrogens is 533 g/mol. The van der Waals surface area contributed by atoms with Crippen LogP contribution in [0.2, 0.25) is 0 Å². The molecule has 1 N–H and O–H groups in total. The Morgan fingerprint density at radius 3 is 2.54 bits per heavy atom. The summed E-state index contributed by atoms with van der Waals surface area (Å²) >= 11 is 0. The maximum absolute atomic E-state index is 14.0. The molecule has 3 aromatic heterocycles. The Labute approximate surface area is 235 Å². The smallest absolute Gasteiger partial charge is 0.388 e. The molecule has 0 atom stereocenters. The number of carbonyl (C=O) groups is 1. The molecule has 11 heteroatoms. The average molecular weight is 565 g/mol. The zero-order chi connectivity index (χ0) is 29.5. The molecule has 1 amide bonds. The lowest BCUT2D eigenvalue weighted by molar-refractivity contribution is -0.137. The van der Waals surface area contributed by atoms with E-state index in [4.69, 9.17) is 0 Å². The Hall–Kier alpha value is -4.38. The van der Waals surface area contributed by atoms with Crippen LogP contribution >= 0.6 is 0 Å². The van der Waals surface area contributed by atoms with E-state index in [1.807, 2.05) is 29.8 Å². The Balaban J connectivity index is 1.40. The third kappa shape index (κ3) is 5.49. The Morgan fingerprint density at radius 1 is 1.12 bits per heavy atom. The van der Waals surface area contributed by atoms with Crippen molar-refractivity contribution in [1.29, 1.82) is 0 Å². The van der Waals surface area contributed by atoms with Crippen molar-refractivity contribution in [2.45, 2.75) is 19.1 Å². The first-order chi connectivity index (χ1) is 19.5. The lowest BCUT2D eigenvalue weighted by Gasteiger charge is -2.27. The molecule has 4 heterocycles. The highest BCUT2D eigenvalue weighted by molar-refractivity contribution is 5.94. The molecule has 0 bridgehead atoms. The third-order valence-corrected chi connectivity index (χ3v) is 7.48. The largest absolute Gasteiger partial charge is 0.417 e. The maximum Gasteiger partial charge on any atom is 0.417 e. The molecule has 8 nitrogen and oxygen atoms in total. The first-order valence-corrected chi connectivity index (χ1v) is 13.2. The van der Waals surface area contributed by atoms with Crippen LogP contribution in [0.5, 0.6) is 0 Å². The fraction of sp³-hybridized carbons (Fsp3) is 0.300. The van der Waals surface area contributed by atoms with Crippen LogP contribution in [-0.4, -0.2) is 64.1 Å². The number of alkyl halides is 3. The Bertz CT molecular complexity index is 1720. The van der Waals surface area contributed by atoms with Crippen molar-refractivity contribution in [3.63, 3.8) is 0 Å². The summed E-state index contributed by atoms with van der Waals surface area (Å²) in [5.74, 6) is -0.474. The fourth-order valence-corrected chi connectivity index (χ4v) is 5.23. The fourth-order valence-electron chi connectivity index (χ4n) is 5.23. The van der Waals surface area contributed by atoms with Gasteiger partial charge in [-0.1, -0.05) is 12.1 Å². The molecular formula is C30H31F3N6O2. The third-order valence-electron chi connectivity index (χ3n) is 7.48. The average Bonchev–Trinajstić information content (AvgIpc) is 3.27. The topological polar surface area (TPSA) is 75.4 Å². The lowest BCUT2D eigenvalue weighted by atomic mass is 9.92. The molecule has 0 saturated carbocycles. The number of pyridine rings is 2. The van der Waals surface area contributed by atoms with Gasteiger partial charge < -0.3 is 14.8 Å². The second kappa shape index (κ2) is 10.9. The predicted molar refractivity (Wildman–Crippen MR) is 153 cm³/mol. The second-order valence-electron chi connectivity index (χ2n) is 10.3. The molecule has 0 fully saturated rings. The van der Waals surface area contributed by atoms with E-state index < -0.39 is 17.6 Å². The van der Waals surface area contributed by atoms with Crippen LogP contribution < -0.4 is 10.9 Å². The molecule has 0 aliphatic carbocycles. The number of hydrogen-bond donors (Lipinski definition) is 1. The molecule has 5 rings (SSSR count). The first-order valence-electron chi connectivity index (χ1n) is 13.2. The number of fused-ring (bicyclic) bond motifs is 1. The summed E-state index contributed by atoms with van der Waals surface area (Å²) in [5, 5.41) is 3.80. The highest BCUT2D eigenvalue weighted by atomic mass is 19.4. The van der Waals surface area contributed by atoms with E-state index in [1.54, 1.807) is 30.1 Å². The van der Waals surface area contributed by atoms with E-state index >= 15 is 0 Å². The van der Waals surface area contributed by atoms with Crippen LogP contribution in [0.15, 0.2) is 65.7 Å². The van der Waals surface area contributed by atoms with Gasteiger partial charge in [0.25, 0.3) is 11.5 Å². The van der Waals surface area contributed by atoms with Gasteiger partial charge in [-0.05, 0) is 47.9 Å². The van der Waals surface area contributed by atoms with E-state index in [9.17, 15) is 22.8 Å². The van der Waals surface area contributed by atoms with Gasteiger partial charge in [-0.2, -0.15) is 13.2 Å². The van der Waals surface area contributed by atoms with E-state index in [2.05, 4.69) is 15.2 Å². The highest BCUT2D eigenvalue weighted by Gasteiger charge is 2.35. The summed E-state index contributed by atoms with van der Waals surface area (Å²) in [5.41, 5.74) is 2.92. The van der Waals surface area contributed by atoms with E-state index in [0.29, 0.717) is 31.6 Å². The number of nitrogens with one attached hydrogen (secondary N) is 1. The molecule has 1 aliphatic heterocycles. The van der Waals surface area contributed by atoms with Gasteiger partial charge >= 0.3 is 6.18 Å². The van der Waals surface area contributed by atoms with E-state index in [0.717, 1.165) is 34.2 Å². The van der Waals surface area contributed by atoms with Crippen LogP contribution in [-0.2, 0) is 19.8 Å². The molecule has 214 valence electrons. The number of aryl methyl sites for hydroxylation is 1. The molecule has 1 aliphatic rings. The minimum atomic E-state index is -4.58. The van der Waals surface area contributed by atoms with Crippen LogP contribution in [0.4, 0.5) is 18.9 Å². The van der Waals surface area contributed by atoms with Crippen LogP contribution in [0.1, 0.15) is 33.6 Å². The molecule has 0 unspecified atom stereocenters. The maximum atomic E-state index is 14.0. The van der Waals surface area contributed by atoms with Crippen molar-refractivity contribution in [2.75, 3.05) is 39.5 Å². The van der Waals surface area contributed by atoms with E-state index in [1.165, 1.54) is 37.2 Å². The number of hydrogen-bond acceptors (Lipinski definition) is 5. The van der Waals surface area contributed by atoms with E-state index in [-0.39, 0.29) is 16.7 Å². The number of amides is 1. The summed E-state index contributed by atoms with van der Waals surface area (Å²) in [7, 11) is 6.69. The van der Waals surface area contributed by atoms with Crippen LogP contribution in [0.3, 0.4) is 0 Å². The zero-order valence-electron chi connectivity index (χ0n) is 23.3. The van der Waals surface area contributed by atoms with Crippen LogP contribution in [0, 0.1) is 0 Å². The minimum absolute atomic E-state index is 0.00750. The minimum Gasteiger partial charge on any atom is -0.388 e. The molecule has 0 saturated heterocycles. The summed E-state index contributed by atoms with van der Waals surface area (Å²) in [6, 6.07) is 11.0. The number of benzene rings is 1. The number of carbonyl (C=O) groups excluding carboxylic acids is 1. The normalized spacial score (nSPS) is 14.3. The Kier molecular flexibility index (Phi) is 7.48. The number of halogens is 3. The second-order valence-corrected chi connectivity index (χ2v) is 10.3. The lowest BCUT2D eigenvalue weighted by Crippen LogP contribution is -2.29. The summed E-state index contributed by atoms with van der Waals surface area (Å²) in [6.45, 7) is 1.60. The van der Waals surface area contributed by atoms with Crippen molar-refractivity contribution in [3.8, 4) is 5.69 Å². The molecule has 0 spiro atoms. The molecule has 41 heavy (non-hydrogen) atoms. The van der Waals surface area contributed by atoms with Gasteiger partial charge in [0.1, 0.15) is 5.65 Å². The summed E-state index contributed by atoms with van der Waals surface area (Å²) in [4.78, 5) is 33.0. The van der Waals surface area contributed by atoms with Crippen molar-refractivity contribution in [1.82, 2.24) is 23.9 Å². The predicted octanol–water partition coefficient (Wildman–Crippen LogP) is 4.78. The first kappa shape index (κ1) is 28.2. The van der Waals surface area contributed by atoms with Crippen molar-refractivity contribution in [2.24, 2.45) is 7.05 Å². The van der Waals surface area contributed by atoms with Gasteiger partial charge in [0, 0.05) is 88.6 Å². The van der Waals surface area contributed by atoms with Gasteiger partial charge in [-0.15, -0.1) is 0 Å². The number of anilines is 1. The zero-order valence-corrected chi connectivity index (χ0v) is 23.3. The van der Waals surface area contributed by atoms with Gasteiger partial charge in [0.15, 0.2) is 0 Å². The SMILES string of the molecule is CNc1ccn(-c2ccnc3c2cc(CN2CC=C(c4ccc(C(=O)N(C)C)cc4C(F)(F)F)CC2)n3C)c(=O)c1. The molecule has 0 radical (unpaired) electrons. The van der Waals surface area contributed by atoms with Gasteiger partial charge in [0.05, 0.1) is 11.3 Å². The van der Waals surface area contributed by atoms with Crippen molar-refractivity contribution >= 4 is 28.2 Å². The standard InChI is InChI=1S/C30H31F3N6O2/c1-34-21-10-14-39(27(40)16-21)26-7-11-35-28-24(26)17-22(37(28)4)18-38-12-8-19(9-13-38)23-6-5-20(29(41)36(2)3)15-25(23)30(31,32)33/h5-8,10-11,14-17,34H,9,12-13,18H2,1-4H3. The van der Waals surface area contributed by atoms with Gasteiger partial charge in [-0.3, -0.25) is 19.1 Å². The van der Waals surface area contributed by atoms with Crippen molar-refractivity contribution in [3.05, 3.63) is 93.7 Å². The highest BCUT2D eigenvalue weighted by Crippen LogP contribution is 2.38. The number of nitrogens with zero attached hydrogens (tertiary/aromatic N) is 5. The number of aromatic nitrogens is 3. The number of rotatable bonds is 6. The van der Waals surface area contributed by atoms with Crippen molar-refractivity contribution < 1.29 is 18.0 Å². The quantitative estimate of drug-likeness (QED) is 0.365. The van der Waals surface area contributed by atoms with Gasteiger partial charge in [-0.25, -0.2) is 4.98 Å². The molecule has 1 aromatic carbocycles. The van der Waals surface area contributed by atoms with Gasteiger partial charge in [0.2, 0.25) is 0 Å². The monoisotopic (exact) mass is 564 g/mol. The summed E-state index contributed by atoms with van der Waals surface area (Å²) < 4.78 is 45.5. The summed E-state index contributed by atoms with van der Waals surface area (Å²) in [6.07, 6.45) is 1.08. The Morgan fingerprint density at radius 2 is 1.90 bits per heavy atom. The van der Waals surface area contributed by atoms with Crippen LogP contribution in [0.25, 0.3) is 22.3 Å².